The topological polar surface area (TPSA) is 15.3 Å². The van der Waals surface area contributed by atoms with Crippen LogP contribution in [0.2, 0.25) is 0 Å². The summed E-state index contributed by atoms with van der Waals surface area (Å²) in [5, 5.41) is 3.09. The molecule has 1 saturated heterocycles. The van der Waals surface area contributed by atoms with E-state index in [9.17, 15) is 8.78 Å². The van der Waals surface area contributed by atoms with Gasteiger partial charge in [-0.1, -0.05) is 6.92 Å². The number of nitrogens with one attached hydrogen (secondary N) is 1. The van der Waals surface area contributed by atoms with Gasteiger partial charge in [-0.05, 0) is 49.4 Å². The van der Waals surface area contributed by atoms with Gasteiger partial charge >= 0.3 is 0 Å². The van der Waals surface area contributed by atoms with Crippen LogP contribution in [0.5, 0.6) is 0 Å². The Morgan fingerprint density at radius 3 is 2.53 bits per heavy atom. The van der Waals surface area contributed by atoms with Crippen LogP contribution in [0.3, 0.4) is 0 Å². The monoisotopic (exact) mass is 266 g/mol. The molecule has 2 bridgehead atoms. The number of anilines is 1. The molecule has 0 radical (unpaired) electrons. The van der Waals surface area contributed by atoms with Gasteiger partial charge < -0.3 is 10.2 Å². The summed E-state index contributed by atoms with van der Waals surface area (Å²) in [5.41, 5.74) is 0.859. The van der Waals surface area contributed by atoms with Crippen LogP contribution < -0.4 is 10.2 Å². The zero-order valence-corrected chi connectivity index (χ0v) is 11.3. The second kappa shape index (κ2) is 5.08. The summed E-state index contributed by atoms with van der Waals surface area (Å²) in [5.74, 6) is -0.203. The van der Waals surface area contributed by atoms with Gasteiger partial charge in [0.1, 0.15) is 17.3 Å². The van der Waals surface area contributed by atoms with Gasteiger partial charge in [-0.3, -0.25) is 0 Å². The highest BCUT2D eigenvalue weighted by Gasteiger charge is 2.39. The van der Waals surface area contributed by atoms with Gasteiger partial charge in [-0.15, -0.1) is 0 Å². The maximum Gasteiger partial charge on any atom is 0.149 e. The smallest absolute Gasteiger partial charge is 0.149 e. The fourth-order valence-corrected chi connectivity index (χ4v) is 3.46. The highest BCUT2D eigenvalue weighted by molar-refractivity contribution is 5.53. The third-order valence-electron chi connectivity index (χ3n) is 4.35. The van der Waals surface area contributed by atoms with Crippen molar-refractivity contribution in [2.45, 2.75) is 38.8 Å². The van der Waals surface area contributed by atoms with Crippen molar-refractivity contribution in [2.24, 2.45) is 5.92 Å². The Bertz CT molecular complexity index is 452. The molecule has 1 N–H and O–H groups in total. The van der Waals surface area contributed by atoms with E-state index < -0.39 is 11.6 Å². The van der Waals surface area contributed by atoms with E-state index >= 15 is 0 Å². The maximum absolute atomic E-state index is 14.2. The zero-order valence-electron chi connectivity index (χ0n) is 11.3. The molecule has 3 rings (SSSR count). The molecule has 2 aliphatic rings. The Balaban J connectivity index is 1.85. The third-order valence-corrected chi connectivity index (χ3v) is 4.35. The van der Waals surface area contributed by atoms with Gasteiger partial charge in [0.05, 0.1) is 0 Å². The summed E-state index contributed by atoms with van der Waals surface area (Å²) in [6, 6.07) is 3.27. The van der Waals surface area contributed by atoms with Crippen LogP contribution in [-0.2, 0) is 6.54 Å². The van der Waals surface area contributed by atoms with E-state index in [2.05, 4.69) is 5.32 Å². The van der Waals surface area contributed by atoms with Crippen LogP contribution in [0.4, 0.5) is 14.5 Å². The molecule has 0 amide bonds. The van der Waals surface area contributed by atoms with E-state index in [-0.39, 0.29) is 5.69 Å². The molecule has 0 spiro atoms. The highest BCUT2D eigenvalue weighted by atomic mass is 19.1. The van der Waals surface area contributed by atoms with E-state index in [1.54, 1.807) is 0 Å². The fourth-order valence-electron chi connectivity index (χ4n) is 3.46. The lowest BCUT2D eigenvalue weighted by atomic mass is 10.1. The Hall–Kier alpha value is -1.16. The molecular weight excluding hydrogens is 246 g/mol. The minimum absolute atomic E-state index is 0.187. The van der Waals surface area contributed by atoms with Crippen molar-refractivity contribution in [3.8, 4) is 0 Å². The molecule has 1 aromatic carbocycles. The van der Waals surface area contributed by atoms with Gasteiger partial charge in [0.2, 0.25) is 0 Å². The largest absolute Gasteiger partial charge is 0.364 e. The number of piperidine rings is 1. The van der Waals surface area contributed by atoms with Crippen molar-refractivity contribution >= 4 is 5.69 Å². The molecule has 1 aliphatic heterocycles. The van der Waals surface area contributed by atoms with E-state index in [0.717, 1.165) is 25.9 Å². The Morgan fingerprint density at radius 2 is 2.00 bits per heavy atom. The first-order chi connectivity index (χ1) is 9.19. The molecule has 104 valence electrons. The van der Waals surface area contributed by atoms with E-state index in [4.69, 9.17) is 0 Å². The molecule has 1 aliphatic carbocycles. The average molecular weight is 266 g/mol. The molecule has 1 aromatic rings. The van der Waals surface area contributed by atoms with Crippen LogP contribution >= 0.6 is 0 Å². The van der Waals surface area contributed by atoms with Crippen molar-refractivity contribution < 1.29 is 8.78 Å². The molecule has 2 unspecified atom stereocenters. The summed E-state index contributed by atoms with van der Waals surface area (Å²) >= 11 is 0. The van der Waals surface area contributed by atoms with Crippen molar-refractivity contribution in [1.29, 1.82) is 0 Å². The molecule has 4 heteroatoms. The lowest BCUT2D eigenvalue weighted by Crippen LogP contribution is -2.33. The molecule has 2 atom stereocenters. The van der Waals surface area contributed by atoms with Crippen molar-refractivity contribution in [1.82, 2.24) is 5.32 Å². The van der Waals surface area contributed by atoms with Gasteiger partial charge in [0.25, 0.3) is 0 Å². The van der Waals surface area contributed by atoms with Crippen LogP contribution in [-0.4, -0.2) is 19.1 Å². The van der Waals surface area contributed by atoms with Crippen LogP contribution in [0.15, 0.2) is 12.1 Å². The predicted octanol–water partition coefficient (Wildman–Crippen LogP) is 3.06. The number of halogens is 2. The van der Waals surface area contributed by atoms with Crippen LogP contribution in [0, 0.1) is 17.6 Å². The molecule has 1 heterocycles. The van der Waals surface area contributed by atoms with Crippen LogP contribution in [0.1, 0.15) is 31.7 Å². The standard InChI is InChI=1S/C15H20F2N2/c1-2-18-8-11-6-13(16)15(14(17)7-11)19-9-10-3-4-12(19)5-10/h6-7,10,12,18H,2-5,8-9H2,1H3. The Morgan fingerprint density at radius 1 is 1.26 bits per heavy atom. The first kappa shape index (κ1) is 12.9. The minimum Gasteiger partial charge on any atom is -0.364 e. The predicted molar refractivity (Wildman–Crippen MR) is 72.2 cm³/mol. The molecule has 0 aromatic heterocycles. The summed E-state index contributed by atoms with van der Waals surface area (Å²) in [7, 11) is 0. The highest BCUT2D eigenvalue weighted by Crippen LogP contribution is 2.42. The lowest BCUT2D eigenvalue weighted by Gasteiger charge is -2.30. The number of fused-ring (bicyclic) bond motifs is 2. The molecule has 19 heavy (non-hydrogen) atoms. The van der Waals surface area contributed by atoms with E-state index in [1.807, 2.05) is 11.8 Å². The summed E-state index contributed by atoms with van der Waals surface area (Å²) in [4.78, 5) is 1.94. The third kappa shape index (κ3) is 2.34. The number of hydrogen-bond acceptors (Lipinski definition) is 2. The lowest BCUT2D eigenvalue weighted by molar-refractivity contribution is 0.519. The molecular formula is C15H20F2N2. The number of hydrogen-bond donors (Lipinski definition) is 1. The molecule has 1 saturated carbocycles. The summed E-state index contributed by atoms with van der Waals surface area (Å²) in [6.45, 7) is 4.09. The number of nitrogens with zero attached hydrogens (tertiary/aromatic N) is 1. The number of benzene rings is 1. The average Bonchev–Trinajstić information content (AvgIpc) is 2.98. The number of rotatable bonds is 4. The van der Waals surface area contributed by atoms with Gasteiger partial charge in [-0.2, -0.15) is 0 Å². The Labute approximate surface area is 112 Å². The van der Waals surface area contributed by atoms with E-state index in [1.165, 1.54) is 18.6 Å². The first-order valence-electron chi connectivity index (χ1n) is 7.14. The van der Waals surface area contributed by atoms with Gasteiger partial charge in [0, 0.05) is 19.1 Å². The van der Waals surface area contributed by atoms with Crippen molar-refractivity contribution in [3.63, 3.8) is 0 Å². The van der Waals surface area contributed by atoms with Crippen molar-refractivity contribution in [3.05, 3.63) is 29.3 Å². The molecule has 2 fully saturated rings. The zero-order chi connectivity index (χ0) is 13.4. The van der Waals surface area contributed by atoms with E-state index in [0.29, 0.717) is 24.1 Å². The normalized spacial score (nSPS) is 25.3. The van der Waals surface area contributed by atoms with Gasteiger partial charge in [-0.25, -0.2) is 8.78 Å². The second-order valence-electron chi connectivity index (χ2n) is 5.67. The summed E-state index contributed by atoms with van der Waals surface area (Å²) < 4.78 is 28.4. The minimum atomic E-state index is -0.416. The van der Waals surface area contributed by atoms with Crippen molar-refractivity contribution in [2.75, 3.05) is 18.0 Å². The second-order valence-corrected chi connectivity index (χ2v) is 5.67. The first-order valence-corrected chi connectivity index (χ1v) is 7.14. The quantitative estimate of drug-likeness (QED) is 0.901. The summed E-state index contributed by atoms with van der Waals surface area (Å²) in [6.07, 6.45) is 3.38. The van der Waals surface area contributed by atoms with Gasteiger partial charge in [0.15, 0.2) is 0 Å². The van der Waals surface area contributed by atoms with Crippen LogP contribution in [0.25, 0.3) is 0 Å². The fraction of sp³-hybridized carbons (Fsp3) is 0.600. The SMILES string of the molecule is CCNCc1cc(F)c(N2CC3CCC2C3)c(F)c1. The Kier molecular flexibility index (Phi) is 3.44. The molecule has 2 nitrogen and oxygen atoms in total. The maximum atomic E-state index is 14.2.